The molecule has 0 spiro atoms. The number of benzene rings is 2. The molecule has 1 aliphatic rings. The average molecular weight is 330 g/mol. The fourth-order valence-electron chi connectivity index (χ4n) is 2.74. The first-order chi connectivity index (χ1) is 11.4. The minimum absolute atomic E-state index is 0.188. The molecule has 2 aromatic carbocycles. The van der Waals surface area contributed by atoms with Gasteiger partial charge in [0, 0.05) is 11.6 Å². The van der Waals surface area contributed by atoms with Crippen LogP contribution in [0, 0.1) is 12.7 Å². The van der Waals surface area contributed by atoms with E-state index in [1.165, 1.54) is 20.3 Å². The lowest BCUT2D eigenvalue weighted by molar-refractivity contribution is 0.354. The van der Waals surface area contributed by atoms with Gasteiger partial charge in [-0.1, -0.05) is 11.6 Å². The molecule has 0 fully saturated rings. The van der Waals surface area contributed by atoms with Gasteiger partial charge >= 0.3 is 0 Å². The topological polar surface area (TPSA) is 94.9 Å². The summed E-state index contributed by atoms with van der Waals surface area (Å²) in [6.45, 7) is 1.85. The predicted octanol–water partition coefficient (Wildman–Crippen LogP) is 2.05. The molecule has 0 aromatic heterocycles. The normalized spacial score (nSPS) is 19.1. The largest absolute Gasteiger partial charge is 0.493 e. The Kier molecular flexibility index (Phi) is 3.81. The van der Waals surface area contributed by atoms with Gasteiger partial charge in [0.1, 0.15) is 11.7 Å². The molecule has 0 bridgehead atoms. The van der Waals surface area contributed by atoms with Gasteiger partial charge in [-0.05, 0) is 25.1 Å². The van der Waals surface area contributed by atoms with E-state index in [0.29, 0.717) is 22.7 Å². The first kappa shape index (κ1) is 16.1. The van der Waals surface area contributed by atoms with Crippen molar-refractivity contribution in [1.29, 1.82) is 0 Å². The Hall–Kier alpha value is -2.80. The number of nitrogens with two attached hydrogens (primary N) is 2. The van der Waals surface area contributed by atoms with Crippen LogP contribution in [-0.2, 0) is 5.79 Å². The van der Waals surface area contributed by atoms with E-state index in [0.717, 1.165) is 5.56 Å². The van der Waals surface area contributed by atoms with Crippen LogP contribution in [0.25, 0.3) is 0 Å². The summed E-state index contributed by atoms with van der Waals surface area (Å²) < 4.78 is 24.9. The van der Waals surface area contributed by atoms with E-state index < -0.39 is 11.6 Å². The monoisotopic (exact) mass is 330 g/mol. The van der Waals surface area contributed by atoms with E-state index in [2.05, 4.69) is 10.3 Å². The summed E-state index contributed by atoms with van der Waals surface area (Å²) in [5.74, 6) is -0.760. The van der Waals surface area contributed by atoms with Crippen LogP contribution in [-0.4, -0.2) is 20.1 Å². The number of aryl methyl sites for hydroxylation is 1. The number of hydrogen-bond donors (Lipinski definition) is 3. The quantitative estimate of drug-likeness (QED) is 0.801. The Morgan fingerprint density at radius 1 is 1.12 bits per heavy atom. The maximum absolute atomic E-state index is 14.3. The summed E-state index contributed by atoms with van der Waals surface area (Å²) in [6, 6.07) is 8.07. The first-order valence-corrected chi connectivity index (χ1v) is 7.33. The minimum Gasteiger partial charge on any atom is -0.493 e. The van der Waals surface area contributed by atoms with Crippen LogP contribution in [0.2, 0.25) is 0 Å². The fourth-order valence-corrected chi connectivity index (χ4v) is 2.74. The molecule has 6 nitrogen and oxygen atoms in total. The molecule has 0 aliphatic carbocycles. The van der Waals surface area contributed by atoms with Crippen LogP contribution >= 0.6 is 0 Å². The number of fused-ring (bicyclic) bond motifs is 1. The van der Waals surface area contributed by atoms with Crippen molar-refractivity contribution in [2.24, 2.45) is 16.5 Å². The van der Waals surface area contributed by atoms with Crippen LogP contribution in [0.5, 0.6) is 11.5 Å². The third-order valence-electron chi connectivity index (χ3n) is 3.95. The smallest absolute Gasteiger partial charge is 0.214 e. The zero-order valence-electron chi connectivity index (χ0n) is 13.7. The highest BCUT2D eigenvalue weighted by atomic mass is 19.1. The number of methoxy groups -OCH3 is 2. The molecule has 5 N–H and O–H groups in total. The van der Waals surface area contributed by atoms with Gasteiger partial charge in [0.05, 0.1) is 25.5 Å². The number of hydrogen-bond acceptors (Lipinski definition) is 6. The van der Waals surface area contributed by atoms with Crippen molar-refractivity contribution < 1.29 is 13.9 Å². The lowest BCUT2D eigenvalue weighted by Gasteiger charge is -2.34. The zero-order valence-corrected chi connectivity index (χ0v) is 13.7. The summed E-state index contributed by atoms with van der Waals surface area (Å²) in [5, 5.41) is 3.05. The summed E-state index contributed by atoms with van der Waals surface area (Å²) in [4.78, 5) is 4.28. The van der Waals surface area contributed by atoms with Crippen molar-refractivity contribution in [2.45, 2.75) is 12.7 Å². The second-order valence-corrected chi connectivity index (χ2v) is 5.62. The highest BCUT2D eigenvalue weighted by Crippen LogP contribution is 2.38. The molecule has 7 heteroatoms. The first-order valence-electron chi connectivity index (χ1n) is 7.33. The van der Waals surface area contributed by atoms with Gasteiger partial charge in [-0.15, -0.1) is 0 Å². The van der Waals surface area contributed by atoms with Crippen molar-refractivity contribution in [3.05, 3.63) is 52.8 Å². The van der Waals surface area contributed by atoms with E-state index in [1.54, 1.807) is 24.3 Å². The van der Waals surface area contributed by atoms with Crippen LogP contribution < -0.4 is 26.3 Å². The molecule has 3 rings (SSSR count). The minimum atomic E-state index is -1.51. The van der Waals surface area contributed by atoms with Gasteiger partial charge in [0.25, 0.3) is 0 Å². The number of amidine groups is 1. The molecule has 1 unspecified atom stereocenters. The van der Waals surface area contributed by atoms with Crippen LogP contribution in [0.4, 0.5) is 10.1 Å². The molecule has 0 saturated carbocycles. The lowest BCUT2D eigenvalue weighted by atomic mass is 10.0. The second kappa shape index (κ2) is 5.68. The van der Waals surface area contributed by atoms with E-state index in [1.807, 2.05) is 6.92 Å². The third-order valence-corrected chi connectivity index (χ3v) is 3.95. The summed E-state index contributed by atoms with van der Waals surface area (Å²) in [7, 11) is 3.06. The van der Waals surface area contributed by atoms with Gasteiger partial charge in [0.15, 0.2) is 11.5 Å². The van der Waals surface area contributed by atoms with Crippen molar-refractivity contribution in [3.63, 3.8) is 0 Å². The molecule has 0 amide bonds. The standard InChI is InChI=1S/C17H19FN4O2/c1-9-4-5-12(18)11(6-9)17(20)21-13-8-15(24-3)14(23-2)7-10(13)16(19)22-17/h4-8,21H,20H2,1-3H3,(H2,19,22). The molecule has 1 aliphatic heterocycles. The van der Waals surface area contributed by atoms with E-state index in [9.17, 15) is 4.39 Å². The molecule has 1 heterocycles. The number of nitrogens with one attached hydrogen (secondary N) is 1. The summed E-state index contributed by atoms with van der Waals surface area (Å²) in [6.07, 6.45) is 0. The average Bonchev–Trinajstić information content (AvgIpc) is 2.55. The van der Waals surface area contributed by atoms with Gasteiger partial charge in [-0.2, -0.15) is 0 Å². The Morgan fingerprint density at radius 3 is 2.46 bits per heavy atom. The van der Waals surface area contributed by atoms with Gasteiger partial charge in [-0.25, -0.2) is 9.38 Å². The van der Waals surface area contributed by atoms with E-state index >= 15 is 0 Å². The zero-order chi connectivity index (χ0) is 17.5. The Labute approximate surface area is 139 Å². The Morgan fingerprint density at radius 2 is 1.79 bits per heavy atom. The SMILES string of the molecule is COc1cc2c(cc1OC)C(N)=NC(N)(c1cc(C)ccc1F)N2. The molecule has 1 atom stereocenters. The summed E-state index contributed by atoms with van der Waals surface area (Å²) in [5.41, 5.74) is 14.7. The number of aliphatic imine (C=N–C) groups is 1. The van der Waals surface area contributed by atoms with Gasteiger partial charge < -0.3 is 20.5 Å². The highest BCUT2D eigenvalue weighted by molar-refractivity contribution is 6.05. The molecule has 2 aromatic rings. The highest BCUT2D eigenvalue weighted by Gasteiger charge is 2.35. The van der Waals surface area contributed by atoms with Gasteiger partial charge in [-0.3, -0.25) is 5.73 Å². The molecule has 0 radical (unpaired) electrons. The van der Waals surface area contributed by atoms with Crippen LogP contribution in [0.1, 0.15) is 16.7 Å². The van der Waals surface area contributed by atoms with Crippen LogP contribution in [0.3, 0.4) is 0 Å². The number of anilines is 1. The van der Waals surface area contributed by atoms with E-state index in [-0.39, 0.29) is 11.4 Å². The summed E-state index contributed by atoms with van der Waals surface area (Å²) >= 11 is 0. The van der Waals surface area contributed by atoms with Crippen molar-refractivity contribution in [1.82, 2.24) is 0 Å². The number of ether oxygens (including phenoxy) is 2. The molecular formula is C17H19FN4O2. The number of rotatable bonds is 3. The van der Waals surface area contributed by atoms with Crippen LogP contribution in [0.15, 0.2) is 35.3 Å². The van der Waals surface area contributed by atoms with Crippen molar-refractivity contribution in [3.8, 4) is 11.5 Å². The molecule has 24 heavy (non-hydrogen) atoms. The number of nitrogens with zero attached hydrogens (tertiary/aromatic N) is 1. The predicted molar refractivity (Wildman–Crippen MR) is 90.9 cm³/mol. The van der Waals surface area contributed by atoms with E-state index in [4.69, 9.17) is 20.9 Å². The van der Waals surface area contributed by atoms with Crippen molar-refractivity contribution >= 4 is 11.5 Å². The fraction of sp³-hybridized carbons (Fsp3) is 0.235. The molecule has 0 saturated heterocycles. The number of halogens is 1. The lowest BCUT2D eigenvalue weighted by Crippen LogP contribution is -2.48. The maximum Gasteiger partial charge on any atom is 0.214 e. The maximum atomic E-state index is 14.3. The second-order valence-electron chi connectivity index (χ2n) is 5.62. The van der Waals surface area contributed by atoms with Gasteiger partial charge in [0.2, 0.25) is 5.79 Å². The Balaban J connectivity index is 2.15. The Bertz CT molecular complexity index is 838. The molecular weight excluding hydrogens is 311 g/mol. The molecule has 126 valence electrons. The van der Waals surface area contributed by atoms with Crippen molar-refractivity contribution in [2.75, 3.05) is 19.5 Å². The third kappa shape index (κ3) is 2.52.